The first kappa shape index (κ1) is 21.9. The fraction of sp³-hybridized carbons (Fsp3) is 0.100. The van der Waals surface area contributed by atoms with Gasteiger partial charge in [0, 0.05) is 6.20 Å². The molecule has 2 heterocycles. The molecule has 3 rings (SSSR count). The number of rotatable bonds is 8. The number of nitriles is 1. The molecule has 0 spiro atoms. The van der Waals surface area contributed by atoms with Crippen molar-refractivity contribution in [2.75, 3.05) is 11.3 Å². The standard InChI is InChI=1S/C20H17N5O4S2/c1-14(15-4-6-16(7-5-15)29-11-9-21)23-24-20(26)17-8-10-22-13-18(17)25-31(27,28)19-3-2-12-30-19/h2-8,10,12-13,25H,11H2,1H3,(H,24,26). The summed E-state index contributed by atoms with van der Waals surface area (Å²) in [5.74, 6) is -0.0545. The number of nitrogens with one attached hydrogen (secondary N) is 2. The number of thiophene rings is 1. The number of anilines is 1. The number of nitrogens with zero attached hydrogens (tertiary/aromatic N) is 3. The summed E-state index contributed by atoms with van der Waals surface area (Å²) >= 11 is 1.06. The second-order valence-electron chi connectivity index (χ2n) is 6.07. The Bertz CT molecular complexity index is 1230. The highest BCUT2D eigenvalue weighted by molar-refractivity contribution is 7.94. The molecule has 9 nitrogen and oxygen atoms in total. The molecule has 0 aliphatic rings. The molecule has 0 bridgehead atoms. The molecule has 0 unspecified atom stereocenters. The zero-order valence-corrected chi connectivity index (χ0v) is 17.9. The van der Waals surface area contributed by atoms with E-state index in [1.165, 1.54) is 24.5 Å². The number of hydrogen-bond acceptors (Lipinski definition) is 8. The molecule has 0 atom stereocenters. The second kappa shape index (κ2) is 9.84. The van der Waals surface area contributed by atoms with Crippen LogP contribution in [0.2, 0.25) is 0 Å². The predicted molar refractivity (Wildman–Crippen MR) is 117 cm³/mol. The van der Waals surface area contributed by atoms with Gasteiger partial charge in [-0.15, -0.1) is 11.3 Å². The van der Waals surface area contributed by atoms with Crippen molar-refractivity contribution in [1.82, 2.24) is 10.4 Å². The molecule has 0 fully saturated rings. The van der Waals surface area contributed by atoms with Gasteiger partial charge >= 0.3 is 0 Å². The number of carbonyl (C=O) groups excluding carboxylic acids is 1. The van der Waals surface area contributed by atoms with Crippen LogP contribution in [0.25, 0.3) is 0 Å². The molecule has 0 saturated heterocycles. The molecule has 0 saturated carbocycles. The minimum Gasteiger partial charge on any atom is -0.479 e. The van der Waals surface area contributed by atoms with Gasteiger partial charge in [-0.2, -0.15) is 10.4 Å². The molecular formula is C20H17N5O4S2. The van der Waals surface area contributed by atoms with Crippen molar-refractivity contribution < 1.29 is 17.9 Å². The van der Waals surface area contributed by atoms with Crippen LogP contribution >= 0.6 is 11.3 Å². The fourth-order valence-corrected chi connectivity index (χ4v) is 4.51. The summed E-state index contributed by atoms with van der Waals surface area (Å²) in [6.07, 6.45) is 2.64. The van der Waals surface area contributed by atoms with E-state index in [0.29, 0.717) is 11.5 Å². The maximum atomic E-state index is 12.6. The average molecular weight is 456 g/mol. The Morgan fingerprint density at radius 3 is 2.71 bits per heavy atom. The lowest BCUT2D eigenvalue weighted by molar-refractivity contribution is 0.0955. The Morgan fingerprint density at radius 2 is 2.03 bits per heavy atom. The summed E-state index contributed by atoms with van der Waals surface area (Å²) in [6, 6.07) is 13.2. The van der Waals surface area contributed by atoms with E-state index in [4.69, 9.17) is 10.00 Å². The van der Waals surface area contributed by atoms with E-state index in [1.807, 2.05) is 6.07 Å². The number of benzene rings is 1. The fourth-order valence-electron chi connectivity index (χ4n) is 2.45. The lowest BCUT2D eigenvalue weighted by Gasteiger charge is -2.10. The smallest absolute Gasteiger partial charge is 0.273 e. The first-order valence-electron chi connectivity index (χ1n) is 8.86. The average Bonchev–Trinajstić information content (AvgIpc) is 3.32. The molecule has 2 N–H and O–H groups in total. The van der Waals surface area contributed by atoms with Gasteiger partial charge in [-0.05, 0) is 54.3 Å². The molecule has 0 radical (unpaired) electrons. The van der Waals surface area contributed by atoms with Crippen LogP contribution < -0.4 is 14.9 Å². The quantitative estimate of drug-likeness (QED) is 0.396. The van der Waals surface area contributed by atoms with E-state index in [1.54, 1.807) is 42.6 Å². The molecule has 1 aromatic carbocycles. The van der Waals surface area contributed by atoms with Gasteiger partial charge in [-0.1, -0.05) is 6.07 Å². The molecule has 2 aromatic heterocycles. The minimum absolute atomic E-state index is 0.0419. The van der Waals surface area contributed by atoms with Crippen molar-refractivity contribution >= 4 is 38.7 Å². The normalized spacial score (nSPS) is 11.4. The van der Waals surface area contributed by atoms with Crippen LogP contribution in [0.4, 0.5) is 5.69 Å². The summed E-state index contributed by atoms with van der Waals surface area (Å²) in [7, 11) is -3.83. The third-order valence-corrected chi connectivity index (χ3v) is 6.73. The number of amides is 1. The van der Waals surface area contributed by atoms with Gasteiger partial charge in [0.2, 0.25) is 0 Å². The van der Waals surface area contributed by atoms with Crippen LogP contribution in [0.15, 0.2) is 69.5 Å². The molecule has 0 aliphatic heterocycles. The van der Waals surface area contributed by atoms with E-state index in [0.717, 1.165) is 16.9 Å². The molecule has 0 aliphatic carbocycles. The summed E-state index contributed by atoms with van der Waals surface area (Å²) in [5.41, 5.74) is 3.80. The highest BCUT2D eigenvalue weighted by Gasteiger charge is 2.19. The second-order valence-corrected chi connectivity index (χ2v) is 8.93. The number of ether oxygens (including phenoxy) is 1. The minimum atomic E-state index is -3.83. The summed E-state index contributed by atoms with van der Waals surface area (Å²) in [5, 5.41) is 14.3. The van der Waals surface area contributed by atoms with Gasteiger partial charge in [0.1, 0.15) is 16.0 Å². The Kier molecular flexibility index (Phi) is 6.96. The van der Waals surface area contributed by atoms with Crippen LogP contribution in [0.5, 0.6) is 5.75 Å². The first-order valence-corrected chi connectivity index (χ1v) is 11.2. The Hall–Kier alpha value is -3.75. The van der Waals surface area contributed by atoms with Gasteiger partial charge in [0.25, 0.3) is 15.9 Å². The number of hydrogen-bond donors (Lipinski definition) is 2. The van der Waals surface area contributed by atoms with Crippen molar-refractivity contribution in [2.24, 2.45) is 5.10 Å². The van der Waals surface area contributed by atoms with Crippen LogP contribution in [-0.2, 0) is 10.0 Å². The van der Waals surface area contributed by atoms with E-state index < -0.39 is 15.9 Å². The maximum Gasteiger partial charge on any atom is 0.273 e. The van der Waals surface area contributed by atoms with Gasteiger partial charge in [0.05, 0.1) is 23.2 Å². The molecular weight excluding hydrogens is 438 g/mol. The lowest BCUT2D eigenvalue weighted by Crippen LogP contribution is -2.22. The highest BCUT2D eigenvalue weighted by atomic mass is 32.2. The predicted octanol–water partition coefficient (Wildman–Crippen LogP) is 3.00. The van der Waals surface area contributed by atoms with Crippen molar-refractivity contribution in [3.63, 3.8) is 0 Å². The number of sulfonamides is 1. The van der Waals surface area contributed by atoms with Crippen LogP contribution in [0.1, 0.15) is 22.8 Å². The van der Waals surface area contributed by atoms with Crippen molar-refractivity contribution in [3.05, 3.63) is 71.4 Å². The third-order valence-electron chi connectivity index (χ3n) is 3.97. The number of carbonyl (C=O) groups is 1. The van der Waals surface area contributed by atoms with Crippen LogP contribution in [-0.4, -0.2) is 31.6 Å². The Morgan fingerprint density at radius 1 is 1.26 bits per heavy atom. The monoisotopic (exact) mass is 455 g/mol. The zero-order chi connectivity index (χ0) is 22.3. The Labute approximate surface area is 183 Å². The SMILES string of the molecule is CC(=NNC(=O)c1ccncc1NS(=O)(=O)c1cccs1)c1ccc(OCC#N)cc1. The van der Waals surface area contributed by atoms with Gasteiger partial charge in [-0.25, -0.2) is 13.8 Å². The van der Waals surface area contributed by atoms with E-state index in [-0.39, 0.29) is 22.1 Å². The largest absolute Gasteiger partial charge is 0.479 e. The van der Waals surface area contributed by atoms with Crippen molar-refractivity contribution in [2.45, 2.75) is 11.1 Å². The summed E-state index contributed by atoms with van der Waals surface area (Å²) < 4.78 is 32.6. The highest BCUT2D eigenvalue weighted by Crippen LogP contribution is 2.22. The van der Waals surface area contributed by atoms with Crippen molar-refractivity contribution in [1.29, 1.82) is 5.26 Å². The molecule has 11 heteroatoms. The van der Waals surface area contributed by atoms with Crippen molar-refractivity contribution in [3.8, 4) is 11.8 Å². The molecule has 158 valence electrons. The number of hydrazone groups is 1. The van der Waals surface area contributed by atoms with Crippen LogP contribution in [0, 0.1) is 11.3 Å². The van der Waals surface area contributed by atoms with Gasteiger partial charge < -0.3 is 4.74 Å². The number of pyridine rings is 1. The molecule has 31 heavy (non-hydrogen) atoms. The topological polar surface area (TPSA) is 134 Å². The number of aromatic nitrogens is 1. The zero-order valence-electron chi connectivity index (χ0n) is 16.3. The van der Waals surface area contributed by atoms with E-state index in [9.17, 15) is 13.2 Å². The van der Waals surface area contributed by atoms with E-state index in [2.05, 4.69) is 20.2 Å². The van der Waals surface area contributed by atoms with Crippen LogP contribution in [0.3, 0.4) is 0 Å². The first-order chi connectivity index (χ1) is 14.9. The molecule has 1 amide bonds. The third kappa shape index (κ3) is 5.65. The summed E-state index contributed by atoms with van der Waals surface area (Å²) in [6.45, 7) is 1.66. The lowest BCUT2D eigenvalue weighted by atomic mass is 10.1. The summed E-state index contributed by atoms with van der Waals surface area (Å²) in [4.78, 5) is 16.5. The maximum absolute atomic E-state index is 12.6. The van der Waals surface area contributed by atoms with Gasteiger partial charge in [-0.3, -0.25) is 14.5 Å². The van der Waals surface area contributed by atoms with E-state index >= 15 is 0 Å². The van der Waals surface area contributed by atoms with Gasteiger partial charge in [0.15, 0.2) is 6.61 Å². The Balaban J connectivity index is 1.73. The molecule has 3 aromatic rings.